The minimum atomic E-state index is -9.02. The molecule has 0 radical (unpaired) electrons. The molecule has 2 atom stereocenters. The number of unbranched alkanes of at least 4 members (excludes halogenated alkanes) is 6. The SMILES string of the molecule is CCCCCCC(CCC)COCC(F)(F)C(F)(F)C(F)(F)C(F)(F)C(F)(F)C(F)(F)C(F)(F)C(F)(F)COCC(COCC(F)(F)C(F)(F)C(F)(F)C(F)(F)C(F)(F)C(F)(F)C(F)(F)C(F)(F)COCC(CCC)CCCCCC)OCCOCC(=O)NCCCc1cc(C2(c3ccc(C(=O)O)cc3)OCCO2)cc2c1C(C)(C)CCC2(C)C. The van der Waals surface area contributed by atoms with Crippen LogP contribution in [-0.2, 0) is 65.7 Å². The minimum absolute atomic E-state index is 0.0509. The Labute approximate surface area is 671 Å². The van der Waals surface area contributed by atoms with Crippen LogP contribution < -0.4 is 5.32 Å². The summed E-state index contributed by atoms with van der Waals surface area (Å²) in [4.78, 5) is 24.7. The average molecular weight is 1810 g/mol. The van der Waals surface area contributed by atoms with Gasteiger partial charge in [0.2, 0.25) is 11.7 Å². The Morgan fingerprint density at radius 2 is 0.775 bits per heavy atom. The Balaban J connectivity index is 1.60. The van der Waals surface area contributed by atoms with Gasteiger partial charge in [0.1, 0.15) is 39.1 Å². The lowest BCUT2D eigenvalue weighted by Gasteiger charge is -2.44. The number of ether oxygens (including phenoxy) is 8. The molecule has 2 N–H and O–H groups in total. The van der Waals surface area contributed by atoms with Gasteiger partial charge >= 0.3 is 101 Å². The Bertz CT molecular complexity index is 3410. The fraction of sp³-hybridized carbons (Fsp3) is 0.816. The fourth-order valence-corrected chi connectivity index (χ4v) is 13.6. The van der Waals surface area contributed by atoms with Crippen molar-refractivity contribution in [3.8, 4) is 0 Å². The van der Waals surface area contributed by atoms with E-state index >= 15 is 70.2 Å². The number of fused-ring (bicyclic) bond motifs is 1. The number of aromatic carboxylic acids is 1. The van der Waals surface area contributed by atoms with Crippen molar-refractivity contribution in [2.45, 2.75) is 288 Å². The van der Waals surface area contributed by atoms with Crippen LogP contribution in [0.25, 0.3) is 0 Å². The molecule has 1 heterocycles. The quantitative estimate of drug-likeness (QED) is 0.0483. The zero-order chi connectivity index (χ0) is 92.1. The molecular formula is C76H99F32NO11. The lowest BCUT2D eigenvalue weighted by Crippen LogP contribution is -2.75. The van der Waals surface area contributed by atoms with Crippen molar-refractivity contribution in [2.75, 3.05) is 92.4 Å². The van der Waals surface area contributed by atoms with Gasteiger partial charge in [0.15, 0.2) is 0 Å². The molecule has 4 rings (SSSR count). The normalized spacial score (nSPS) is 17.5. The molecule has 120 heavy (non-hydrogen) atoms. The molecule has 0 saturated carbocycles. The molecule has 44 heteroatoms. The monoisotopic (exact) mass is 1810 g/mol. The fourth-order valence-electron chi connectivity index (χ4n) is 13.6. The predicted octanol–water partition coefficient (Wildman–Crippen LogP) is 22.4. The van der Waals surface area contributed by atoms with Gasteiger partial charge < -0.3 is 48.3 Å². The number of carboxylic acid groups (broad SMARTS) is 1. The number of hydrogen-bond donors (Lipinski definition) is 2. The smallest absolute Gasteiger partial charge is 0.385 e. The summed E-state index contributed by atoms with van der Waals surface area (Å²) in [6.45, 7) is -9.61. The minimum Gasteiger partial charge on any atom is -0.478 e. The number of halogens is 32. The van der Waals surface area contributed by atoms with E-state index in [0.717, 1.165) is 16.7 Å². The van der Waals surface area contributed by atoms with E-state index in [2.05, 4.69) is 24.3 Å². The van der Waals surface area contributed by atoms with Crippen LogP contribution in [0.4, 0.5) is 140 Å². The zero-order valence-electron chi connectivity index (χ0n) is 66.4. The van der Waals surface area contributed by atoms with Crippen LogP contribution in [0.3, 0.4) is 0 Å². The highest BCUT2D eigenvalue weighted by Gasteiger charge is 2.97. The Morgan fingerprint density at radius 1 is 0.417 bits per heavy atom. The number of carbonyl (C=O) groups excluding carboxylic acids is 1. The molecule has 1 aliphatic carbocycles. The maximum absolute atomic E-state index is 15.2. The molecule has 1 fully saturated rings. The molecule has 2 unspecified atom stereocenters. The first-order valence-corrected chi connectivity index (χ1v) is 38.3. The van der Waals surface area contributed by atoms with Crippen LogP contribution in [0.2, 0.25) is 0 Å². The molecule has 12 nitrogen and oxygen atoms in total. The first kappa shape index (κ1) is 107. The molecule has 2 aromatic carbocycles. The van der Waals surface area contributed by atoms with E-state index in [-0.39, 0.29) is 76.7 Å². The maximum Gasteiger partial charge on any atom is 0.385 e. The van der Waals surface area contributed by atoms with Gasteiger partial charge in [-0.3, -0.25) is 4.79 Å². The van der Waals surface area contributed by atoms with Gasteiger partial charge in [0.25, 0.3) is 0 Å². The molecule has 0 bridgehead atoms. The van der Waals surface area contributed by atoms with Crippen LogP contribution in [0.1, 0.15) is 203 Å². The standard InChI is InChI=1S/C76H99F32NO11/c1-9-13-15-17-22-47(20-11-3)38-114-43-60(77,78)65(85,86)69(93,94)73(101,102)75(105,106)71(97,98)67(89,90)62(81,82)45-116-40-53(41-117-46-63(83,84)68(91,92)72(99,100)76(107,108)74(103,104)70(95,96)66(87,88)61(79,80)44-115-39-48(21-12-4)23-18-16-14-10-2)118-33-32-113-42-55(110)109-31-19-24-50-36-52(37-54-56(50)59(7,8)30-29-58(54,5)6)64(119-34-35-120-64)51-27-25-49(26-28-51)57(111)112/h25-28,36-37,47-48,53H,9-24,29-35,38-46H2,1-8H3,(H,109,110)(H,111,112). The van der Waals surface area contributed by atoms with Crippen LogP contribution in [-0.4, -0.2) is 210 Å². The van der Waals surface area contributed by atoms with Crippen LogP contribution in [0.15, 0.2) is 36.4 Å². The summed E-state index contributed by atoms with van der Waals surface area (Å²) in [5, 5.41) is 12.0. The third-order valence-corrected chi connectivity index (χ3v) is 20.9. The number of nitrogens with one attached hydrogen (secondary N) is 1. The van der Waals surface area contributed by atoms with Crippen molar-refractivity contribution in [1.82, 2.24) is 5.32 Å². The summed E-state index contributed by atoms with van der Waals surface area (Å²) in [6, 6.07) is 9.43. The van der Waals surface area contributed by atoms with E-state index in [4.69, 9.17) is 18.9 Å². The lowest BCUT2D eigenvalue weighted by atomic mass is 9.61. The number of benzene rings is 2. The highest BCUT2D eigenvalue weighted by molar-refractivity contribution is 5.87. The number of carboxylic acids is 1. The van der Waals surface area contributed by atoms with Crippen molar-refractivity contribution in [1.29, 1.82) is 0 Å². The number of alkyl halides is 32. The highest BCUT2D eigenvalue weighted by atomic mass is 19.4. The average Bonchev–Trinajstić information content (AvgIpc) is 0.934. The molecule has 0 aromatic heterocycles. The van der Waals surface area contributed by atoms with E-state index in [1.807, 2.05) is 39.8 Å². The van der Waals surface area contributed by atoms with Gasteiger partial charge in [-0.25, -0.2) is 4.79 Å². The second-order valence-electron chi connectivity index (χ2n) is 31.3. The Hall–Kier alpha value is -5.18. The first-order valence-electron chi connectivity index (χ1n) is 38.3. The highest BCUT2D eigenvalue weighted by Crippen LogP contribution is 2.67. The number of hydrogen-bond acceptors (Lipinski definition) is 10. The lowest BCUT2D eigenvalue weighted by molar-refractivity contribution is -0.455. The first-order chi connectivity index (χ1) is 54.7. The summed E-state index contributed by atoms with van der Waals surface area (Å²) in [5.74, 6) is -138. The van der Waals surface area contributed by atoms with Gasteiger partial charge in [0, 0.05) is 30.9 Å². The van der Waals surface area contributed by atoms with E-state index in [9.17, 15) is 84.9 Å². The van der Waals surface area contributed by atoms with Gasteiger partial charge in [-0.2, -0.15) is 140 Å². The van der Waals surface area contributed by atoms with E-state index in [0.29, 0.717) is 75.3 Å². The summed E-state index contributed by atoms with van der Waals surface area (Å²) >= 11 is 0. The van der Waals surface area contributed by atoms with E-state index in [1.54, 1.807) is 13.8 Å². The molecule has 2 aromatic rings. The number of carbonyl (C=O) groups is 2. The third kappa shape index (κ3) is 22.2. The predicted molar refractivity (Wildman–Crippen MR) is 366 cm³/mol. The number of aryl methyl sites for hydroxylation is 1. The zero-order valence-corrected chi connectivity index (χ0v) is 66.4. The molecule has 0 spiro atoms. The molecule has 698 valence electrons. The maximum atomic E-state index is 15.2. The molecule has 1 aliphatic heterocycles. The van der Waals surface area contributed by atoms with Crippen LogP contribution >= 0.6 is 0 Å². The van der Waals surface area contributed by atoms with E-state index in [1.165, 1.54) is 38.1 Å². The molecule has 2 aliphatic rings. The summed E-state index contributed by atoms with van der Waals surface area (Å²) < 4.78 is 518. The molecular weight excluding hydrogens is 1710 g/mol. The third-order valence-electron chi connectivity index (χ3n) is 20.9. The molecule has 1 amide bonds. The van der Waals surface area contributed by atoms with Gasteiger partial charge in [0.05, 0.1) is 45.2 Å². The van der Waals surface area contributed by atoms with Crippen molar-refractivity contribution >= 4 is 11.9 Å². The second-order valence-corrected chi connectivity index (χ2v) is 31.3. The van der Waals surface area contributed by atoms with Crippen molar-refractivity contribution in [2.24, 2.45) is 11.8 Å². The second kappa shape index (κ2) is 40.6. The van der Waals surface area contributed by atoms with Crippen LogP contribution in [0, 0.1) is 11.8 Å². The largest absolute Gasteiger partial charge is 0.478 e. The van der Waals surface area contributed by atoms with Crippen molar-refractivity contribution < 1.29 is 193 Å². The summed E-state index contributed by atoms with van der Waals surface area (Å²) in [5.41, 5.74) is 2.51. The number of rotatable bonds is 57. The van der Waals surface area contributed by atoms with Gasteiger partial charge in [-0.15, -0.1) is 0 Å². The molecule has 1 saturated heterocycles. The Kier molecular flexibility index (Phi) is 36.3. The van der Waals surface area contributed by atoms with Gasteiger partial charge in [-0.1, -0.05) is 132 Å². The summed E-state index contributed by atoms with van der Waals surface area (Å²) in [6.07, 6.45) is 3.76. The topological polar surface area (TPSA) is 140 Å². The number of amides is 1. The van der Waals surface area contributed by atoms with E-state index < -0.39 is 214 Å². The summed E-state index contributed by atoms with van der Waals surface area (Å²) in [7, 11) is 0. The Morgan fingerprint density at radius 3 is 1.13 bits per heavy atom. The van der Waals surface area contributed by atoms with Crippen LogP contribution in [0.5, 0.6) is 0 Å². The van der Waals surface area contributed by atoms with Crippen molar-refractivity contribution in [3.05, 3.63) is 69.8 Å². The van der Waals surface area contributed by atoms with Gasteiger partial charge in [-0.05, 0) is 115 Å². The van der Waals surface area contributed by atoms with Crippen molar-refractivity contribution in [3.63, 3.8) is 0 Å².